The molecule has 2 rings (SSSR count). The number of halogens is 1. The van der Waals surface area contributed by atoms with Gasteiger partial charge in [0.25, 0.3) is 0 Å². The Morgan fingerprint density at radius 1 is 1.20 bits per heavy atom. The molecule has 3 nitrogen and oxygen atoms in total. The molecular formula is C15H15IN2OS. The lowest BCUT2D eigenvalue weighted by Crippen LogP contribution is -2.28. The number of urea groups is 1. The summed E-state index contributed by atoms with van der Waals surface area (Å²) in [4.78, 5) is 13.0. The van der Waals surface area contributed by atoms with E-state index in [1.165, 1.54) is 0 Å². The number of para-hydroxylation sites is 1. The van der Waals surface area contributed by atoms with E-state index in [0.29, 0.717) is 6.54 Å². The number of carbonyl (C=O) groups excluding carboxylic acids is 1. The number of carbonyl (C=O) groups is 1. The maximum atomic E-state index is 11.9. The van der Waals surface area contributed by atoms with Crippen molar-refractivity contribution < 1.29 is 4.79 Å². The molecule has 0 aliphatic carbocycles. The zero-order valence-electron chi connectivity index (χ0n) is 11.0. The van der Waals surface area contributed by atoms with Gasteiger partial charge in [-0.05, 0) is 58.7 Å². The average Bonchev–Trinajstić information content (AvgIpc) is 2.46. The first-order chi connectivity index (χ1) is 9.69. The Hall–Kier alpha value is -1.21. The number of benzene rings is 2. The predicted octanol–water partition coefficient (Wildman–Crippen LogP) is 4.33. The van der Waals surface area contributed by atoms with Gasteiger partial charge in [0.05, 0.1) is 5.69 Å². The smallest absolute Gasteiger partial charge is 0.319 e. The second-order valence-electron chi connectivity index (χ2n) is 4.14. The van der Waals surface area contributed by atoms with Crippen LogP contribution in [0.25, 0.3) is 0 Å². The van der Waals surface area contributed by atoms with Crippen molar-refractivity contribution in [2.45, 2.75) is 11.4 Å². The second-order valence-corrected chi connectivity index (χ2v) is 6.23. The first kappa shape index (κ1) is 15.2. The number of nitrogens with one attached hydrogen (secondary N) is 2. The molecule has 0 heterocycles. The van der Waals surface area contributed by atoms with Crippen molar-refractivity contribution in [2.24, 2.45) is 0 Å². The zero-order chi connectivity index (χ0) is 14.4. The van der Waals surface area contributed by atoms with E-state index < -0.39 is 0 Å². The van der Waals surface area contributed by atoms with Crippen LogP contribution in [0.15, 0.2) is 53.4 Å². The molecule has 0 aliphatic heterocycles. The number of thioether (sulfide) groups is 1. The highest BCUT2D eigenvalue weighted by Crippen LogP contribution is 2.24. The SMILES string of the molecule is CSc1ccccc1NC(=O)NCc1cccc(I)c1. The zero-order valence-corrected chi connectivity index (χ0v) is 14.0. The highest BCUT2D eigenvalue weighted by molar-refractivity contribution is 14.1. The summed E-state index contributed by atoms with van der Waals surface area (Å²) < 4.78 is 1.16. The Morgan fingerprint density at radius 3 is 2.75 bits per heavy atom. The molecule has 2 aromatic carbocycles. The first-order valence-electron chi connectivity index (χ1n) is 6.11. The maximum absolute atomic E-state index is 11.9. The predicted molar refractivity (Wildman–Crippen MR) is 93.2 cm³/mol. The van der Waals surface area contributed by atoms with Gasteiger partial charge in [-0.25, -0.2) is 4.79 Å². The number of hydrogen-bond acceptors (Lipinski definition) is 2. The minimum Gasteiger partial charge on any atom is -0.334 e. The summed E-state index contributed by atoms with van der Waals surface area (Å²) in [6, 6.07) is 15.6. The van der Waals surface area contributed by atoms with Crippen LogP contribution in [0.3, 0.4) is 0 Å². The molecule has 0 spiro atoms. The Labute approximate surface area is 136 Å². The van der Waals surface area contributed by atoms with Crippen molar-refractivity contribution in [3.63, 3.8) is 0 Å². The van der Waals surface area contributed by atoms with E-state index in [2.05, 4.69) is 39.3 Å². The van der Waals surface area contributed by atoms with E-state index in [4.69, 9.17) is 0 Å². The molecule has 0 saturated carbocycles. The van der Waals surface area contributed by atoms with Crippen LogP contribution < -0.4 is 10.6 Å². The molecule has 104 valence electrons. The summed E-state index contributed by atoms with van der Waals surface area (Å²) in [6.07, 6.45) is 1.99. The third kappa shape index (κ3) is 4.42. The lowest BCUT2D eigenvalue weighted by molar-refractivity contribution is 0.251. The van der Waals surface area contributed by atoms with Crippen LogP contribution >= 0.6 is 34.4 Å². The van der Waals surface area contributed by atoms with Crippen molar-refractivity contribution in [1.82, 2.24) is 5.32 Å². The average molecular weight is 398 g/mol. The van der Waals surface area contributed by atoms with Crippen LogP contribution in [0.1, 0.15) is 5.56 Å². The lowest BCUT2D eigenvalue weighted by Gasteiger charge is -2.10. The fourth-order valence-corrected chi connectivity index (χ4v) is 2.90. The molecule has 0 fully saturated rings. The summed E-state index contributed by atoms with van der Waals surface area (Å²) in [7, 11) is 0. The van der Waals surface area contributed by atoms with Gasteiger partial charge in [-0.3, -0.25) is 0 Å². The third-order valence-corrected chi connectivity index (χ3v) is 4.16. The van der Waals surface area contributed by atoms with Gasteiger partial charge in [-0.15, -0.1) is 11.8 Å². The quantitative estimate of drug-likeness (QED) is 0.595. The summed E-state index contributed by atoms with van der Waals surface area (Å²) in [5.74, 6) is 0. The Balaban J connectivity index is 1.93. The molecule has 2 N–H and O–H groups in total. The number of anilines is 1. The number of rotatable bonds is 4. The van der Waals surface area contributed by atoms with E-state index in [9.17, 15) is 4.79 Å². The van der Waals surface area contributed by atoms with Crippen LogP contribution in [0, 0.1) is 3.57 Å². The third-order valence-electron chi connectivity index (χ3n) is 2.70. The van der Waals surface area contributed by atoms with Gasteiger partial charge >= 0.3 is 6.03 Å². The van der Waals surface area contributed by atoms with Gasteiger partial charge in [-0.1, -0.05) is 24.3 Å². The molecule has 2 aromatic rings. The lowest BCUT2D eigenvalue weighted by atomic mass is 10.2. The van der Waals surface area contributed by atoms with Crippen molar-refractivity contribution >= 4 is 46.1 Å². The molecular weight excluding hydrogens is 383 g/mol. The number of hydrogen-bond donors (Lipinski definition) is 2. The van der Waals surface area contributed by atoms with E-state index in [1.54, 1.807) is 11.8 Å². The Morgan fingerprint density at radius 2 is 2.00 bits per heavy atom. The van der Waals surface area contributed by atoms with Gasteiger partial charge in [0, 0.05) is 15.0 Å². The van der Waals surface area contributed by atoms with Gasteiger partial charge in [0.2, 0.25) is 0 Å². The summed E-state index contributed by atoms with van der Waals surface area (Å²) in [5.41, 5.74) is 1.92. The number of amides is 2. The molecule has 5 heteroatoms. The summed E-state index contributed by atoms with van der Waals surface area (Å²) in [6.45, 7) is 0.518. The molecule has 0 atom stereocenters. The van der Waals surface area contributed by atoms with Crippen molar-refractivity contribution in [3.8, 4) is 0 Å². The molecule has 0 saturated heterocycles. The highest BCUT2D eigenvalue weighted by Gasteiger charge is 2.05. The summed E-state index contributed by atoms with van der Waals surface area (Å²) in [5, 5.41) is 5.74. The largest absolute Gasteiger partial charge is 0.334 e. The first-order valence-corrected chi connectivity index (χ1v) is 8.41. The van der Waals surface area contributed by atoms with E-state index in [1.807, 2.05) is 48.7 Å². The second kappa shape index (κ2) is 7.54. The normalized spacial score (nSPS) is 10.1. The fraction of sp³-hybridized carbons (Fsp3) is 0.133. The Bertz CT molecular complexity index is 604. The minimum absolute atomic E-state index is 0.189. The van der Waals surface area contributed by atoms with Crippen molar-refractivity contribution in [2.75, 3.05) is 11.6 Å². The van der Waals surface area contributed by atoms with Crippen LogP contribution in [-0.2, 0) is 6.54 Å². The van der Waals surface area contributed by atoms with E-state index in [0.717, 1.165) is 19.7 Å². The maximum Gasteiger partial charge on any atom is 0.319 e. The van der Waals surface area contributed by atoms with Gasteiger partial charge in [0.15, 0.2) is 0 Å². The van der Waals surface area contributed by atoms with E-state index in [-0.39, 0.29) is 6.03 Å². The molecule has 20 heavy (non-hydrogen) atoms. The molecule has 2 amide bonds. The topological polar surface area (TPSA) is 41.1 Å². The molecule has 0 radical (unpaired) electrons. The molecule has 0 bridgehead atoms. The molecule has 0 aromatic heterocycles. The van der Waals surface area contributed by atoms with Gasteiger partial charge in [-0.2, -0.15) is 0 Å². The monoisotopic (exact) mass is 398 g/mol. The van der Waals surface area contributed by atoms with E-state index >= 15 is 0 Å². The van der Waals surface area contributed by atoms with Crippen LogP contribution in [0.5, 0.6) is 0 Å². The standard InChI is InChI=1S/C15H15IN2OS/c1-20-14-8-3-2-7-13(14)18-15(19)17-10-11-5-4-6-12(16)9-11/h2-9H,10H2,1H3,(H2,17,18,19). The van der Waals surface area contributed by atoms with Crippen LogP contribution in [0.4, 0.5) is 10.5 Å². The Kier molecular flexibility index (Phi) is 5.72. The van der Waals surface area contributed by atoms with Gasteiger partial charge < -0.3 is 10.6 Å². The van der Waals surface area contributed by atoms with Crippen LogP contribution in [-0.4, -0.2) is 12.3 Å². The summed E-state index contributed by atoms with van der Waals surface area (Å²) >= 11 is 3.87. The molecule has 0 aliphatic rings. The van der Waals surface area contributed by atoms with Crippen LogP contribution in [0.2, 0.25) is 0 Å². The van der Waals surface area contributed by atoms with Crippen molar-refractivity contribution in [3.05, 3.63) is 57.7 Å². The molecule has 0 unspecified atom stereocenters. The highest BCUT2D eigenvalue weighted by atomic mass is 127. The van der Waals surface area contributed by atoms with Crippen molar-refractivity contribution in [1.29, 1.82) is 0 Å². The fourth-order valence-electron chi connectivity index (χ4n) is 1.74. The van der Waals surface area contributed by atoms with Gasteiger partial charge in [0.1, 0.15) is 0 Å². The minimum atomic E-state index is -0.189.